The summed E-state index contributed by atoms with van der Waals surface area (Å²) in [6.45, 7) is 4.90. The summed E-state index contributed by atoms with van der Waals surface area (Å²) in [6.07, 6.45) is 10.6. The number of nitrogens with zero attached hydrogens (tertiary/aromatic N) is 3. The van der Waals surface area contributed by atoms with Gasteiger partial charge in [-0.1, -0.05) is 12.5 Å². The number of carbonyl (C=O) groups is 1. The van der Waals surface area contributed by atoms with Gasteiger partial charge in [0, 0.05) is 18.8 Å². The summed E-state index contributed by atoms with van der Waals surface area (Å²) in [7, 11) is 0. The number of carbonyl (C=O) groups excluding carboxylic acids is 1. The van der Waals surface area contributed by atoms with Crippen LogP contribution in [0.2, 0.25) is 0 Å². The van der Waals surface area contributed by atoms with Crippen LogP contribution in [0.5, 0.6) is 0 Å². The molecule has 0 bridgehead atoms. The molecule has 1 aromatic heterocycles. The van der Waals surface area contributed by atoms with Crippen LogP contribution in [0.1, 0.15) is 45.2 Å². The van der Waals surface area contributed by atoms with Gasteiger partial charge in [-0.25, -0.2) is 9.98 Å². The van der Waals surface area contributed by atoms with Crippen LogP contribution in [0.4, 0.5) is 0 Å². The van der Waals surface area contributed by atoms with E-state index in [0.29, 0.717) is 18.4 Å². The number of rotatable bonds is 5. The van der Waals surface area contributed by atoms with Crippen molar-refractivity contribution < 1.29 is 4.79 Å². The molecule has 1 fully saturated rings. The summed E-state index contributed by atoms with van der Waals surface area (Å²) < 4.78 is 1.96. The highest BCUT2D eigenvalue weighted by Gasteiger charge is 2.57. The fourth-order valence-electron chi connectivity index (χ4n) is 3.27. The standard InChI is InChI=1S/C17H24N4O/c1-12-3-4-16(19-8-12)21-9-15(20-11-21)17(10-22)6-14(17)5-13(2)7-18/h8-11,13-14H,3-7,18H2,1-2H3/t13-,14?,17?/m1/s1. The van der Waals surface area contributed by atoms with Gasteiger partial charge in [-0.05, 0) is 44.6 Å². The summed E-state index contributed by atoms with van der Waals surface area (Å²) in [5, 5.41) is 0. The van der Waals surface area contributed by atoms with Crippen molar-refractivity contribution in [1.29, 1.82) is 0 Å². The zero-order chi connectivity index (χ0) is 15.7. The minimum absolute atomic E-state index is 0.377. The lowest BCUT2D eigenvalue weighted by atomic mass is 9.95. The van der Waals surface area contributed by atoms with Gasteiger partial charge in [-0.3, -0.25) is 4.57 Å². The van der Waals surface area contributed by atoms with Crippen molar-refractivity contribution in [3.8, 4) is 0 Å². The third-order valence-corrected chi connectivity index (χ3v) is 4.99. The molecule has 1 aliphatic carbocycles. The summed E-state index contributed by atoms with van der Waals surface area (Å²) in [4.78, 5) is 20.7. The monoisotopic (exact) mass is 300 g/mol. The fourth-order valence-corrected chi connectivity index (χ4v) is 3.27. The Hall–Kier alpha value is -1.75. The van der Waals surface area contributed by atoms with Crippen molar-refractivity contribution in [2.45, 2.75) is 44.9 Å². The van der Waals surface area contributed by atoms with Gasteiger partial charge in [-0.2, -0.15) is 0 Å². The largest absolute Gasteiger partial charge is 0.330 e. The average molecular weight is 300 g/mol. The Kier molecular flexibility index (Phi) is 4.00. The number of hydrogen-bond acceptors (Lipinski definition) is 4. The number of aliphatic imine (C=N–C) groups is 1. The molecule has 5 heteroatoms. The molecule has 0 radical (unpaired) electrons. The van der Waals surface area contributed by atoms with Gasteiger partial charge >= 0.3 is 0 Å². The molecule has 1 aliphatic heterocycles. The summed E-state index contributed by atoms with van der Waals surface area (Å²) in [6, 6.07) is 0. The average Bonchev–Trinajstić information content (AvgIpc) is 3.01. The molecule has 0 saturated heterocycles. The lowest BCUT2D eigenvalue weighted by Gasteiger charge is -2.12. The molecule has 22 heavy (non-hydrogen) atoms. The predicted octanol–water partition coefficient (Wildman–Crippen LogP) is 2.27. The Morgan fingerprint density at radius 1 is 1.55 bits per heavy atom. The quantitative estimate of drug-likeness (QED) is 0.848. The van der Waals surface area contributed by atoms with Crippen LogP contribution in [0.25, 0.3) is 0 Å². The number of aromatic nitrogens is 2. The minimum atomic E-state index is -0.393. The number of allylic oxidation sites excluding steroid dienone is 1. The molecule has 0 aromatic carbocycles. The molecule has 0 spiro atoms. The minimum Gasteiger partial charge on any atom is -0.330 e. The van der Waals surface area contributed by atoms with E-state index < -0.39 is 5.41 Å². The number of imidazole rings is 1. The Balaban J connectivity index is 1.77. The zero-order valence-corrected chi connectivity index (χ0v) is 13.3. The lowest BCUT2D eigenvalue weighted by Crippen LogP contribution is -2.17. The summed E-state index contributed by atoms with van der Waals surface area (Å²) in [5.41, 5.74) is 7.49. The molecule has 1 saturated carbocycles. The van der Waals surface area contributed by atoms with E-state index in [0.717, 1.165) is 43.5 Å². The molecule has 118 valence electrons. The van der Waals surface area contributed by atoms with Gasteiger partial charge in [0.25, 0.3) is 0 Å². The van der Waals surface area contributed by atoms with Gasteiger partial charge in [0.05, 0.1) is 11.1 Å². The van der Waals surface area contributed by atoms with Crippen LogP contribution in [0.15, 0.2) is 29.3 Å². The van der Waals surface area contributed by atoms with Gasteiger partial charge in [0.2, 0.25) is 0 Å². The molecule has 2 N–H and O–H groups in total. The van der Waals surface area contributed by atoms with E-state index in [9.17, 15) is 4.79 Å². The van der Waals surface area contributed by atoms with E-state index in [4.69, 9.17) is 5.73 Å². The second-order valence-electron chi connectivity index (χ2n) is 6.82. The molecule has 3 atom stereocenters. The fraction of sp³-hybridized carbons (Fsp3) is 0.588. The molecule has 2 aliphatic rings. The van der Waals surface area contributed by atoms with Crippen LogP contribution >= 0.6 is 0 Å². The van der Waals surface area contributed by atoms with Crippen LogP contribution in [0.3, 0.4) is 0 Å². The molecule has 3 rings (SSSR count). The van der Waals surface area contributed by atoms with Crippen LogP contribution in [-0.2, 0) is 10.2 Å². The summed E-state index contributed by atoms with van der Waals surface area (Å²) >= 11 is 0. The highest BCUT2D eigenvalue weighted by molar-refractivity contribution is 5.86. The first-order valence-electron chi connectivity index (χ1n) is 8.02. The molecule has 1 aromatic rings. The van der Waals surface area contributed by atoms with Crippen LogP contribution in [0, 0.1) is 11.8 Å². The Bertz CT molecular complexity index is 630. The summed E-state index contributed by atoms with van der Waals surface area (Å²) in [5.74, 6) is 1.82. The zero-order valence-electron chi connectivity index (χ0n) is 13.3. The van der Waals surface area contributed by atoms with Gasteiger partial charge in [0.15, 0.2) is 0 Å². The van der Waals surface area contributed by atoms with Crippen molar-refractivity contribution in [2.75, 3.05) is 6.54 Å². The lowest BCUT2D eigenvalue weighted by molar-refractivity contribution is -0.110. The molecule has 2 heterocycles. The van der Waals surface area contributed by atoms with Crippen molar-refractivity contribution in [3.63, 3.8) is 0 Å². The number of aldehydes is 1. The van der Waals surface area contributed by atoms with Crippen molar-refractivity contribution in [2.24, 2.45) is 22.6 Å². The van der Waals surface area contributed by atoms with Crippen molar-refractivity contribution >= 4 is 12.1 Å². The molecule has 5 nitrogen and oxygen atoms in total. The van der Waals surface area contributed by atoms with Gasteiger partial charge in [-0.15, -0.1) is 0 Å². The van der Waals surface area contributed by atoms with Crippen molar-refractivity contribution in [3.05, 3.63) is 30.0 Å². The van der Waals surface area contributed by atoms with E-state index in [1.807, 2.05) is 17.0 Å². The third-order valence-electron chi connectivity index (χ3n) is 4.99. The maximum absolute atomic E-state index is 11.7. The first-order chi connectivity index (χ1) is 10.6. The normalized spacial score (nSPS) is 28.8. The first kappa shape index (κ1) is 15.2. The SMILES string of the molecule is CC1=CN=C(n2cnc(C3(C=O)CC3C[C@@H](C)CN)c2)CC1. The predicted molar refractivity (Wildman–Crippen MR) is 86.7 cm³/mol. The Labute approximate surface area is 131 Å². The maximum Gasteiger partial charge on any atom is 0.132 e. The number of nitrogens with two attached hydrogens (primary N) is 1. The molecule has 2 unspecified atom stereocenters. The smallest absolute Gasteiger partial charge is 0.132 e. The number of hydrogen-bond donors (Lipinski definition) is 1. The second kappa shape index (κ2) is 5.80. The van der Waals surface area contributed by atoms with E-state index in [-0.39, 0.29) is 0 Å². The van der Waals surface area contributed by atoms with Gasteiger partial charge < -0.3 is 10.5 Å². The Morgan fingerprint density at radius 3 is 3.00 bits per heavy atom. The molecular formula is C17H24N4O. The first-order valence-corrected chi connectivity index (χ1v) is 8.02. The van der Waals surface area contributed by atoms with E-state index in [1.165, 1.54) is 5.57 Å². The van der Waals surface area contributed by atoms with Crippen LogP contribution in [-0.4, -0.2) is 28.2 Å². The van der Waals surface area contributed by atoms with E-state index in [2.05, 4.69) is 23.8 Å². The Morgan fingerprint density at radius 2 is 2.36 bits per heavy atom. The highest BCUT2D eigenvalue weighted by atomic mass is 16.1. The third kappa shape index (κ3) is 2.65. The van der Waals surface area contributed by atoms with E-state index in [1.54, 1.807) is 6.33 Å². The van der Waals surface area contributed by atoms with Crippen LogP contribution < -0.4 is 5.73 Å². The van der Waals surface area contributed by atoms with E-state index >= 15 is 0 Å². The molecule has 0 amide bonds. The topological polar surface area (TPSA) is 73.3 Å². The second-order valence-corrected chi connectivity index (χ2v) is 6.82. The van der Waals surface area contributed by atoms with Crippen molar-refractivity contribution in [1.82, 2.24) is 9.55 Å². The van der Waals surface area contributed by atoms with Gasteiger partial charge in [0.1, 0.15) is 18.4 Å². The highest BCUT2D eigenvalue weighted by Crippen LogP contribution is 2.55. The molecular weight excluding hydrogens is 276 g/mol. The maximum atomic E-state index is 11.7.